The number of aryl methyl sites for hydroxylation is 1. The fourth-order valence-corrected chi connectivity index (χ4v) is 3.61. The molecule has 2 heterocycles. The molecule has 0 saturated heterocycles. The van der Waals surface area contributed by atoms with Crippen LogP contribution in [-0.4, -0.2) is 15.9 Å². The molecule has 0 saturated carbocycles. The summed E-state index contributed by atoms with van der Waals surface area (Å²) >= 11 is 0. The van der Waals surface area contributed by atoms with Gasteiger partial charge in [0.15, 0.2) is 0 Å². The third-order valence-electron chi connectivity index (χ3n) is 5.13. The predicted molar refractivity (Wildman–Crippen MR) is 113 cm³/mol. The van der Waals surface area contributed by atoms with Crippen LogP contribution in [0.25, 0.3) is 22.2 Å². The summed E-state index contributed by atoms with van der Waals surface area (Å²) < 4.78 is 13.4. The summed E-state index contributed by atoms with van der Waals surface area (Å²) in [4.78, 5) is 20.0. The van der Waals surface area contributed by atoms with Crippen molar-refractivity contribution in [2.45, 2.75) is 25.8 Å². The van der Waals surface area contributed by atoms with Crippen molar-refractivity contribution in [2.24, 2.45) is 0 Å². The van der Waals surface area contributed by atoms with Crippen molar-refractivity contribution in [3.63, 3.8) is 0 Å². The lowest BCUT2D eigenvalue weighted by molar-refractivity contribution is -0.121. The SMILES string of the molecule is CC(NC(=O)CCc1c(-c2ccc(F)cc2)[nH]c2ccccc12)c1ccncc1. The lowest BCUT2D eigenvalue weighted by Crippen LogP contribution is -2.26. The van der Waals surface area contributed by atoms with E-state index < -0.39 is 0 Å². The van der Waals surface area contributed by atoms with Crippen LogP contribution >= 0.6 is 0 Å². The molecule has 1 amide bonds. The topological polar surface area (TPSA) is 57.8 Å². The largest absolute Gasteiger partial charge is 0.354 e. The minimum Gasteiger partial charge on any atom is -0.354 e. The normalized spacial score (nSPS) is 12.1. The van der Waals surface area contributed by atoms with E-state index in [9.17, 15) is 9.18 Å². The Morgan fingerprint density at radius 3 is 2.55 bits per heavy atom. The van der Waals surface area contributed by atoms with Crippen LogP contribution in [0.2, 0.25) is 0 Å². The Morgan fingerprint density at radius 1 is 1.07 bits per heavy atom. The highest BCUT2D eigenvalue weighted by Gasteiger charge is 2.16. The lowest BCUT2D eigenvalue weighted by atomic mass is 10.0. The average Bonchev–Trinajstić information content (AvgIpc) is 3.12. The number of rotatable bonds is 6. The number of carbonyl (C=O) groups is 1. The van der Waals surface area contributed by atoms with Crippen LogP contribution in [0.5, 0.6) is 0 Å². The Balaban J connectivity index is 1.55. The summed E-state index contributed by atoms with van der Waals surface area (Å²) in [5.74, 6) is -0.277. The van der Waals surface area contributed by atoms with Crippen LogP contribution in [0.15, 0.2) is 73.1 Å². The molecule has 4 nitrogen and oxygen atoms in total. The van der Waals surface area contributed by atoms with Gasteiger partial charge in [-0.25, -0.2) is 4.39 Å². The van der Waals surface area contributed by atoms with Gasteiger partial charge in [0.05, 0.1) is 6.04 Å². The summed E-state index contributed by atoms with van der Waals surface area (Å²) in [5.41, 5.74) is 4.93. The summed E-state index contributed by atoms with van der Waals surface area (Å²) in [5, 5.41) is 4.13. The number of nitrogens with zero attached hydrogens (tertiary/aromatic N) is 1. The first-order chi connectivity index (χ1) is 14.1. The van der Waals surface area contributed by atoms with E-state index in [1.54, 1.807) is 24.5 Å². The average molecular weight is 387 g/mol. The summed E-state index contributed by atoms with van der Waals surface area (Å²) in [6.07, 6.45) is 4.40. The minimum atomic E-state index is -0.268. The van der Waals surface area contributed by atoms with Crippen LogP contribution in [0.3, 0.4) is 0 Å². The van der Waals surface area contributed by atoms with Gasteiger partial charge in [-0.1, -0.05) is 18.2 Å². The van der Waals surface area contributed by atoms with Gasteiger partial charge in [0.1, 0.15) is 5.82 Å². The maximum absolute atomic E-state index is 13.4. The molecule has 0 spiro atoms. The van der Waals surface area contributed by atoms with Gasteiger partial charge in [-0.2, -0.15) is 0 Å². The van der Waals surface area contributed by atoms with Gasteiger partial charge in [0, 0.05) is 35.4 Å². The highest BCUT2D eigenvalue weighted by molar-refractivity contribution is 5.91. The van der Waals surface area contributed by atoms with Gasteiger partial charge in [-0.05, 0) is 72.5 Å². The second-order valence-electron chi connectivity index (χ2n) is 7.10. The van der Waals surface area contributed by atoms with Crippen molar-refractivity contribution in [3.05, 3.63) is 90.0 Å². The van der Waals surface area contributed by atoms with E-state index in [-0.39, 0.29) is 17.8 Å². The van der Waals surface area contributed by atoms with Gasteiger partial charge in [-0.3, -0.25) is 9.78 Å². The molecule has 2 aromatic carbocycles. The van der Waals surface area contributed by atoms with Crippen molar-refractivity contribution in [2.75, 3.05) is 0 Å². The Bertz CT molecular complexity index is 1120. The molecule has 0 fully saturated rings. The van der Waals surface area contributed by atoms with Crippen LogP contribution in [-0.2, 0) is 11.2 Å². The van der Waals surface area contributed by atoms with E-state index in [4.69, 9.17) is 0 Å². The molecular formula is C24H22FN3O. The zero-order chi connectivity index (χ0) is 20.2. The standard InChI is InChI=1S/C24H22FN3O/c1-16(17-12-14-26-15-13-17)27-23(29)11-10-21-20-4-2-3-5-22(20)28-24(21)18-6-8-19(25)9-7-18/h2-9,12-16,28H,10-11H2,1H3,(H,27,29). The van der Waals surface area contributed by atoms with Crippen molar-refractivity contribution in [3.8, 4) is 11.3 Å². The van der Waals surface area contributed by atoms with E-state index in [2.05, 4.69) is 15.3 Å². The number of H-pyrrole nitrogens is 1. The maximum atomic E-state index is 13.4. The molecule has 2 N–H and O–H groups in total. The Kier molecular flexibility index (Phi) is 5.38. The molecular weight excluding hydrogens is 365 g/mol. The number of aromatic amines is 1. The fourth-order valence-electron chi connectivity index (χ4n) is 3.61. The van der Waals surface area contributed by atoms with E-state index in [1.807, 2.05) is 43.3 Å². The fraction of sp³-hybridized carbons (Fsp3) is 0.167. The molecule has 0 radical (unpaired) electrons. The number of pyridine rings is 1. The van der Waals surface area contributed by atoms with E-state index in [1.165, 1.54) is 12.1 Å². The molecule has 0 aliphatic rings. The van der Waals surface area contributed by atoms with Gasteiger partial charge in [0.2, 0.25) is 5.91 Å². The second-order valence-corrected chi connectivity index (χ2v) is 7.10. The third-order valence-corrected chi connectivity index (χ3v) is 5.13. The molecule has 0 aliphatic carbocycles. The number of hydrogen-bond acceptors (Lipinski definition) is 2. The van der Waals surface area contributed by atoms with Crippen LogP contribution in [0, 0.1) is 5.82 Å². The quantitative estimate of drug-likeness (QED) is 0.479. The van der Waals surface area contributed by atoms with Gasteiger partial charge in [-0.15, -0.1) is 0 Å². The number of para-hydroxylation sites is 1. The summed E-state index contributed by atoms with van der Waals surface area (Å²) in [6.45, 7) is 1.96. The van der Waals surface area contributed by atoms with Crippen molar-refractivity contribution >= 4 is 16.8 Å². The van der Waals surface area contributed by atoms with E-state index in [0.717, 1.165) is 33.3 Å². The molecule has 2 aromatic heterocycles. The number of amides is 1. The molecule has 29 heavy (non-hydrogen) atoms. The molecule has 4 aromatic rings. The first kappa shape index (κ1) is 18.9. The first-order valence-corrected chi connectivity index (χ1v) is 9.66. The lowest BCUT2D eigenvalue weighted by Gasteiger charge is -2.14. The third kappa shape index (κ3) is 4.19. The first-order valence-electron chi connectivity index (χ1n) is 9.66. The number of carbonyl (C=O) groups excluding carboxylic acids is 1. The molecule has 146 valence electrons. The number of nitrogens with one attached hydrogen (secondary N) is 2. The smallest absolute Gasteiger partial charge is 0.220 e. The molecule has 1 unspecified atom stereocenters. The number of aromatic nitrogens is 2. The number of benzene rings is 2. The molecule has 5 heteroatoms. The van der Waals surface area contributed by atoms with Crippen LogP contribution in [0.4, 0.5) is 4.39 Å². The van der Waals surface area contributed by atoms with Crippen molar-refractivity contribution < 1.29 is 9.18 Å². The molecule has 1 atom stereocenters. The van der Waals surface area contributed by atoms with Crippen LogP contribution in [0.1, 0.15) is 30.5 Å². The van der Waals surface area contributed by atoms with Crippen molar-refractivity contribution in [1.82, 2.24) is 15.3 Å². The monoisotopic (exact) mass is 387 g/mol. The summed E-state index contributed by atoms with van der Waals surface area (Å²) in [6, 6.07) is 18.2. The zero-order valence-corrected chi connectivity index (χ0v) is 16.2. The Morgan fingerprint density at radius 2 is 1.79 bits per heavy atom. The Hall–Kier alpha value is -3.47. The van der Waals surface area contributed by atoms with Gasteiger partial charge < -0.3 is 10.3 Å². The minimum absolute atomic E-state index is 0.00958. The van der Waals surface area contributed by atoms with E-state index >= 15 is 0 Å². The van der Waals surface area contributed by atoms with E-state index in [0.29, 0.717) is 12.8 Å². The van der Waals surface area contributed by atoms with Gasteiger partial charge in [0.25, 0.3) is 0 Å². The zero-order valence-electron chi connectivity index (χ0n) is 16.2. The predicted octanol–water partition coefficient (Wildman–Crippen LogP) is 5.18. The summed E-state index contributed by atoms with van der Waals surface area (Å²) in [7, 11) is 0. The highest BCUT2D eigenvalue weighted by Crippen LogP contribution is 2.31. The maximum Gasteiger partial charge on any atom is 0.220 e. The second kappa shape index (κ2) is 8.27. The number of fused-ring (bicyclic) bond motifs is 1. The highest BCUT2D eigenvalue weighted by atomic mass is 19.1. The molecule has 0 aliphatic heterocycles. The molecule has 0 bridgehead atoms. The van der Waals surface area contributed by atoms with Crippen molar-refractivity contribution in [1.29, 1.82) is 0 Å². The number of hydrogen-bond donors (Lipinski definition) is 2. The number of halogens is 1. The molecule has 4 rings (SSSR count). The van der Waals surface area contributed by atoms with Crippen LogP contribution < -0.4 is 5.32 Å². The Labute approximate surface area is 168 Å². The van der Waals surface area contributed by atoms with Gasteiger partial charge >= 0.3 is 0 Å².